The molecule has 2 heterocycles. The van der Waals surface area contributed by atoms with Crippen molar-refractivity contribution >= 4 is 16.9 Å². The molecule has 4 rings (SSSR count). The number of hydrogen-bond acceptors (Lipinski definition) is 4. The van der Waals surface area contributed by atoms with Crippen LogP contribution < -0.4 is 14.8 Å². The van der Waals surface area contributed by atoms with Gasteiger partial charge in [-0.1, -0.05) is 18.2 Å². The number of nitrogens with zero attached hydrogens (tertiary/aromatic N) is 2. The third-order valence-electron chi connectivity index (χ3n) is 4.76. The van der Waals surface area contributed by atoms with Gasteiger partial charge in [-0.25, -0.2) is 4.98 Å². The van der Waals surface area contributed by atoms with Gasteiger partial charge in [0, 0.05) is 7.05 Å². The zero-order chi connectivity index (χ0) is 18.1. The van der Waals surface area contributed by atoms with E-state index in [1.54, 1.807) is 0 Å². The van der Waals surface area contributed by atoms with Gasteiger partial charge < -0.3 is 19.4 Å². The van der Waals surface area contributed by atoms with Gasteiger partial charge in [0.25, 0.3) is 0 Å². The lowest BCUT2D eigenvalue weighted by Crippen LogP contribution is -2.28. The van der Waals surface area contributed by atoms with E-state index >= 15 is 0 Å². The molecule has 0 aliphatic carbocycles. The number of rotatable bonds is 4. The van der Waals surface area contributed by atoms with Gasteiger partial charge >= 0.3 is 0 Å². The van der Waals surface area contributed by atoms with E-state index in [4.69, 9.17) is 9.47 Å². The first-order valence-corrected chi connectivity index (χ1v) is 8.71. The lowest BCUT2D eigenvalue weighted by atomic mass is 9.99. The minimum absolute atomic E-state index is 0.0475. The van der Waals surface area contributed by atoms with E-state index in [1.807, 2.05) is 61.0 Å². The number of imidazole rings is 1. The predicted octanol–water partition coefficient (Wildman–Crippen LogP) is 2.76. The zero-order valence-electron chi connectivity index (χ0n) is 14.9. The summed E-state index contributed by atoms with van der Waals surface area (Å²) in [6, 6.07) is 13.6. The molecule has 1 aromatic heterocycles. The van der Waals surface area contributed by atoms with Gasteiger partial charge in [0.1, 0.15) is 19.0 Å². The van der Waals surface area contributed by atoms with Crippen LogP contribution in [0.4, 0.5) is 0 Å². The quantitative estimate of drug-likeness (QED) is 0.785. The summed E-state index contributed by atoms with van der Waals surface area (Å²) in [6.07, 6.45) is 0. The molecule has 1 N–H and O–H groups in total. The normalized spacial score (nSPS) is 14.2. The van der Waals surface area contributed by atoms with Crippen molar-refractivity contribution in [2.24, 2.45) is 7.05 Å². The molecule has 1 amide bonds. The van der Waals surface area contributed by atoms with Crippen LogP contribution in [-0.4, -0.2) is 28.7 Å². The predicted molar refractivity (Wildman–Crippen MR) is 98.4 cm³/mol. The average molecular weight is 351 g/mol. The number of carbonyl (C=O) groups is 1. The highest BCUT2D eigenvalue weighted by Gasteiger charge is 2.19. The fourth-order valence-corrected chi connectivity index (χ4v) is 3.15. The highest BCUT2D eigenvalue weighted by atomic mass is 16.6. The number of ether oxygens (including phenoxy) is 2. The second kappa shape index (κ2) is 6.71. The Kier molecular flexibility index (Phi) is 4.24. The maximum Gasteiger partial charge on any atom is 0.227 e. The molecule has 0 fully saturated rings. The Hall–Kier alpha value is -3.02. The molecular weight excluding hydrogens is 330 g/mol. The second-order valence-electron chi connectivity index (χ2n) is 6.42. The fourth-order valence-electron chi connectivity index (χ4n) is 3.15. The maximum absolute atomic E-state index is 12.6. The highest BCUT2D eigenvalue weighted by molar-refractivity contribution is 5.83. The molecule has 1 unspecified atom stereocenters. The smallest absolute Gasteiger partial charge is 0.227 e. The highest BCUT2D eigenvalue weighted by Crippen LogP contribution is 2.33. The molecule has 1 aliphatic heterocycles. The van der Waals surface area contributed by atoms with Gasteiger partial charge in [-0.15, -0.1) is 0 Å². The van der Waals surface area contributed by atoms with Crippen molar-refractivity contribution in [3.05, 3.63) is 53.9 Å². The van der Waals surface area contributed by atoms with Crippen molar-refractivity contribution in [2.45, 2.75) is 19.4 Å². The van der Waals surface area contributed by atoms with Gasteiger partial charge in [-0.05, 0) is 36.8 Å². The first-order valence-electron chi connectivity index (χ1n) is 8.71. The van der Waals surface area contributed by atoms with E-state index in [0.29, 0.717) is 25.5 Å². The molecule has 0 spiro atoms. The number of hydrogen-bond donors (Lipinski definition) is 1. The van der Waals surface area contributed by atoms with Crippen LogP contribution in [0.2, 0.25) is 0 Å². The summed E-state index contributed by atoms with van der Waals surface area (Å²) in [5.41, 5.74) is 2.88. The van der Waals surface area contributed by atoms with Crippen LogP contribution in [-0.2, 0) is 18.4 Å². The van der Waals surface area contributed by atoms with Crippen LogP contribution in [0.15, 0.2) is 42.5 Å². The Morgan fingerprint density at radius 1 is 1.19 bits per heavy atom. The second-order valence-corrected chi connectivity index (χ2v) is 6.42. The first kappa shape index (κ1) is 16.4. The first-order chi connectivity index (χ1) is 12.6. The van der Waals surface area contributed by atoms with Crippen molar-refractivity contribution < 1.29 is 14.3 Å². The third kappa shape index (κ3) is 2.98. The summed E-state index contributed by atoms with van der Waals surface area (Å²) >= 11 is 0. The molecular formula is C20H21N3O3. The number of para-hydroxylation sites is 2. The SMILES string of the molecule is CC(C(=O)NCc1nc2ccccc2n1C)c1ccc2c(c1)OCCO2. The lowest BCUT2D eigenvalue weighted by Gasteiger charge is -2.20. The van der Waals surface area contributed by atoms with Crippen molar-refractivity contribution in [3.8, 4) is 11.5 Å². The van der Waals surface area contributed by atoms with Crippen LogP contribution in [0.5, 0.6) is 11.5 Å². The monoisotopic (exact) mass is 351 g/mol. The standard InChI is InChI=1S/C20H21N3O3/c1-13(14-7-8-17-18(11-14)26-10-9-25-17)20(24)21-12-19-22-15-5-3-4-6-16(15)23(19)2/h3-8,11,13H,9-10,12H2,1-2H3,(H,21,24). The minimum Gasteiger partial charge on any atom is -0.486 e. The Labute approximate surface area is 151 Å². The fraction of sp³-hybridized carbons (Fsp3) is 0.300. The number of aromatic nitrogens is 2. The Bertz CT molecular complexity index is 964. The zero-order valence-corrected chi connectivity index (χ0v) is 14.9. The molecule has 0 radical (unpaired) electrons. The van der Waals surface area contributed by atoms with Crippen LogP contribution in [0.1, 0.15) is 24.2 Å². The molecule has 6 nitrogen and oxygen atoms in total. The molecule has 26 heavy (non-hydrogen) atoms. The topological polar surface area (TPSA) is 65.4 Å². The molecule has 0 saturated heterocycles. The summed E-state index contributed by atoms with van der Waals surface area (Å²) in [5, 5.41) is 2.98. The molecule has 134 valence electrons. The van der Waals surface area contributed by atoms with E-state index < -0.39 is 0 Å². The number of benzene rings is 2. The van der Waals surface area contributed by atoms with E-state index in [2.05, 4.69) is 10.3 Å². The molecule has 0 saturated carbocycles. The van der Waals surface area contributed by atoms with Crippen LogP contribution in [0.25, 0.3) is 11.0 Å². The molecule has 2 aromatic carbocycles. The van der Waals surface area contributed by atoms with Gasteiger partial charge in [0.05, 0.1) is 23.5 Å². The Morgan fingerprint density at radius 3 is 2.77 bits per heavy atom. The van der Waals surface area contributed by atoms with E-state index in [1.165, 1.54) is 0 Å². The molecule has 0 bridgehead atoms. The van der Waals surface area contributed by atoms with Gasteiger partial charge in [0.2, 0.25) is 5.91 Å². The number of carbonyl (C=O) groups excluding carboxylic acids is 1. The van der Waals surface area contributed by atoms with Crippen LogP contribution >= 0.6 is 0 Å². The Morgan fingerprint density at radius 2 is 1.96 bits per heavy atom. The van der Waals surface area contributed by atoms with Gasteiger partial charge in [-0.3, -0.25) is 4.79 Å². The van der Waals surface area contributed by atoms with E-state index in [9.17, 15) is 4.79 Å². The summed E-state index contributed by atoms with van der Waals surface area (Å²) in [7, 11) is 1.96. The molecule has 1 atom stereocenters. The lowest BCUT2D eigenvalue weighted by molar-refractivity contribution is -0.122. The van der Waals surface area contributed by atoms with Gasteiger partial charge in [0.15, 0.2) is 11.5 Å². The van der Waals surface area contributed by atoms with E-state index in [-0.39, 0.29) is 11.8 Å². The molecule has 6 heteroatoms. The van der Waals surface area contributed by atoms with E-state index in [0.717, 1.165) is 28.2 Å². The van der Waals surface area contributed by atoms with Crippen molar-refractivity contribution in [1.29, 1.82) is 0 Å². The molecule has 3 aromatic rings. The van der Waals surface area contributed by atoms with Crippen LogP contribution in [0.3, 0.4) is 0 Å². The summed E-state index contributed by atoms with van der Waals surface area (Å²) < 4.78 is 13.1. The summed E-state index contributed by atoms with van der Waals surface area (Å²) in [6.45, 7) is 3.36. The number of aryl methyl sites for hydroxylation is 1. The Balaban J connectivity index is 1.46. The van der Waals surface area contributed by atoms with Crippen LogP contribution in [0, 0.1) is 0 Å². The number of amides is 1. The molecule has 1 aliphatic rings. The number of nitrogens with one attached hydrogen (secondary N) is 1. The minimum atomic E-state index is -0.291. The van der Waals surface area contributed by atoms with Crippen molar-refractivity contribution in [2.75, 3.05) is 13.2 Å². The third-order valence-corrected chi connectivity index (χ3v) is 4.76. The summed E-state index contributed by atoms with van der Waals surface area (Å²) in [4.78, 5) is 17.2. The maximum atomic E-state index is 12.6. The summed E-state index contributed by atoms with van der Waals surface area (Å²) in [5.74, 6) is 1.92. The number of fused-ring (bicyclic) bond motifs is 2. The van der Waals surface area contributed by atoms with Crippen molar-refractivity contribution in [3.63, 3.8) is 0 Å². The average Bonchev–Trinajstić information content (AvgIpc) is 3.01. The largest absolute Gasteiger partial charge is 0.486 e. The van der Waals surface area contributed by atoms with Crippen molar-refractivity contribution in [1.82, 2.24) is 14.9 Å². The van der Waals surface area contributed by atoms with Gasteiger partial charge in [-0.2, -0.15) is 0 Å².